The van der Waals surface area contributed by atoms with Crippen LogP contribution in [0.5, 0.6) is 11.5 Å². The molecular weight excluding hydrogens is 336 g/mol. The standard InChI is InChI=1S/C19H16N2O5/c1-12-18(26-15-7-3-2-6-14(15)25-12)19(23)24-11-13-10-17(22)21-9-5-4-8-16(21)20-13/h2-10,12,18H,11H2,1H3/t12-,18+/m0/s1. The third-order valence-corrected chi connectivity index (χ3v) is 4.06. The second kappa shape index (κ2) is 6.51. The molecule has 1 aliphatic rings. The van der Waals surface area contributed by atoms with Crippen LogP contribution in [0.25, 0.3) is 5.65 Å². The highest BCUT2D eigenvalue weighted by molar-refractivity contribution is 5.76. The molecule has 1 aromatic carbocycles. The molecule has 4 rings (SSSR count). The highest BCUT2D eigenvalue weighted by Crippen LogP contribution is 2.33. The Balaban J connectivity index is 1.48. The van der Waals surface area contributed by atoms with E-state index in [-0.39, 0.29) is 12.2 Å². The van der Waals surface area contributed by atoms with Crippen LogP contribution < -0.4 is 15.0 Å². The molecule has 0 fully saturated rings. The zero-order valence-electron chi connectivity index (χ0n) is 14.0. The molecule has 3 heterocycles. The molecule has 26 heavy (non-hydrogen) atoms. The smallest absolute Gasteiger partial charge is 0.351 e. The van der Waals surface area contributed by atoms with Gasteiger partial charge >= 0.3 is 5.97 Å². The number of pyridine rings is 1. The summed E-state index contributed by atoms with van der Waals surface area (Å²) in [6.45, 7) is 1.62. The van der Waals surface area contributed by atoms with Gasteiger partial charge in [0.15, 0.2) is 11.5 Å². The average molecular weight is 352 g/mol. The van der Waals surface area contributed by atoms with Gasteiger partial charge in [0.2, 0.25) is 6.10 Å². The van der Waals surface area contributed by atoms with Crippen molar-refractivity contribution in [3.63, 3.8) is 0 Å². The number of rotatable bonds is 3. The molecule has 0 spiro atoms. The predicted octanol–water partition coefficient (Wildman–Crippen LogP) is 1.97. The van der Waals surface area contributed by atoms with E-state index >= 15 is 0 Å². The van der Waals surface area contributed by atoms with Crippen LogP contribution in [0.15, 0.2) is 59.5 Å². The van der Waals surface area contributed by atoms with Crippen molar-refractivity contribution in [1.82, 2.24) is 9.38 Å². The van der Waals surface area contributed by atoms with Gasteiger partial charge in [-0.2, -0.15) is 0 Å². The van der Waals surface area contributed by atoms with Gasteiger partial charge in [-0.05, 0) is 31.2 Å². The lowest BCUT2D eigenvalue weighted by Gasteiger charge is -2.30. The first-order valence-electron chi connectivity index (χ1n) is 8.18. The summed E-state index contributed by atoms with van der Waals surface area (Å²) in [7, 11) is 0. The molecular formula is C19H16N2O5. The van der Waals surface area contributed by atoms with E-state index in [0.29, 0.717) is 22.8 Å². The van der Waals surface area contributed by atoms with Crippen molar-refractivity contribution in [2.45, 2.75) is 25.7 Å². The van der Waals surface area contributed by atoms with Gasteiger partial charge in [0, 0.05) is 12.3 Å². The van der Waals surface area contributed by atoms with Gasteiger partial charge in [0.1, 0.15) is 18.4 Å². The highest BCUT2D eigenvalue weighted by atomic mass is 16.6. The molecule has 0 radical (unpaired) electrons. The monoisotopic (exact) mass is 352 g/mol. The van der Waals surface area contributed by atoms with Crippen LogP contribution in [0.1, 0.15) is 12.6 Å². The lowest BCUT2D eigenvalue weighted by atomic mass is 10.2. The van der Waals surface area contributed by atoms with E-state index in [2.05, 4.69) is 4.98 Å². The lowest BCUT2D eigenvalue weighted by molar-refractivity contribution is -0.159. The van der Waals surface area contributed by atoms with Crippen molar-refractivity contribution in [1.29, 1.82) is 0 Å². The Labute approximate surface area is 148 Å². The van der Waals surface area contributed by atoms with Crippen molar-refractivity contribution in [3.05, 3.63) is 70.8 Å². The average Bonchev–Trinajstić information content (AvgIpc) is 2.65. The SMILES string of the molecule is C[C@@H]1Oc2ccccc2O[C@H]1C(=O)OCc1cc(=O)n2ccccc2n1. The van der Waals surface area contributed by atoms with Crippen LogP contribution in [-0.4, -0.2) is 27.6 Å². The Hall–Kier alpha value is -3.35. The summed E-state index contributed by atoms with van der Waals surface area (Å²) in [5.41, 5.74) is 0.631. The Morgan fingerprint density at radius 1 is 1.15 bits per heavy atom. The fourth-order valence-electron chi connectivity index (χ4n) is 2.78. The highest BCUT2D eigenvalue weighted by Gasteiger charge is 2.35. The Kier molecular flexibility index (Phi) is 4.04. The van der Waals surface area contributed by atoms with Gasteiger partial charge < -0.3 is 14.2 Å². The normalized spacial score (nSPS) is 18.5. The molecule has 0 amide bonds. The van der Waals surface area contributed by atoms with E-state index in [1.54, 1.807) is 49.5 Å². The van der Waals surface area contributed by atoms with Gasteiger partial charge in [-0.1, -0.05) is 18.2 Å². The summed E-state index contributed by atoms with van der Waals surface area (Å²) in [5, 5.41) is 0. The molecule has 2 atom stereocenters. The lowest BCUT2D eigenvalue weighted by Crippen LogP contribution is -2.44. The largest absolute Gasteiger partial charge is 0.482 e. The first kappa shape index (κ1) is 16.1. The number of ether oxygens (including phenoxy) is 3. The maximum absolute atomic E-state index is 12.4. The molecule has 1 aliphatic heterocycles. The summed E-state index contributed by atoms with van der Waals surface area (Å²) in [6, 6.07) is 13.7. The third kappa shape index (κ3) is 2.99. The number of para-hydroxylation sites is 2. The maximum atomic E-state index is 12.4. The summed E-state index contributed by atoms with van der Waals surface area (Å²) >= 11 is 0. The molecule has 0 saturated carbocycles. The van der Waals surface area contributed by atoms with Crippen molar-refractivity contribution >= 4 is 11.6 Å². The molecule has 0 saturated heterocycles. The van der Waals surface area contributed by atoms with Crippen molar-refractivity contribution < 1.29 is 19.0 Å². The quantitative estimate of drug-likeness (QED) is 0.671. The minimum Gasteiger partial charge on any atom is -0.482 e. The van der Waals surface area contributed by atoms with Crippen molar-refractivity contribution in [2.24, 2.45) is 0 Å². The molecule has 0 N–H and O–H groups in total. The van der Waals surface area contributed by atoms with E-state index < -0.39 is 18.2 Å². The number of hydrogen-bond acceptors (Lipinski definition) is 6. The number of nitrogens with zero attached hydrogens (tertiary/aromatic N) is 2. The van der Waals surface area contributed by atoms with E-state index in [0.717, 1.165) is 0 Å². The third-order valence-electron chi connectivity index (χ3n) is 4.06. The fourth-order valence-corrected chi connectivity index (χ4v) is 2.78. The summed E-state index contributed by atoms with van der Waals surface area (Å²) in [5.74, 6) is 0.518. The van der Waals surface area contributed by atoms with Crippen LogP contribution in [0.3, 0.4) is 0 Å². The number of aromatic nitrogens is 2. The minimum atomic E-state index is -0.883. The topological polar surface area (TPSA) is 79.1 Å². The second-order valence-corrected chi connectivity index (χ2v) is 5.93. The van der Waals surface area contributed by atoms with Crippen LogP contribution in [0, 0.1) is 0 Å². The molecule has 7 nitrogen and oxygen atoms in total. The Morgan fingerprint density at radius 2 is 1.88 bits per heavy atom. The van der Waals surface area contributed by atoms with Gasteiger partial charge in [-0.25, -0.2) is 9.78 Å². The zero-order chi connectivity index (χ0) is 18.1. The molecule has 0 bridgehead atoms. The number of hydrogen-bond donors (Lipinski definition) is 0. The molecule has 2 aromatic heterocycles. The first-order valence-corrected chi connectivity index (χ1v) is 8.18. The predicted molar refractivity (Wildman–Crippen MR) is 92.2 cm³/mol. The van der Waals surface area contributed by atoms with Gasteiger partial charge in [0.25, 0.3) is 5.56 Å². The zero-order valence-corrected chi connectivity index (χ0v) is 14.0. The van der Waals surface area contributed by atoms with Crippen LogP contribution >= 0.6 is 0 Å². The van der Waals surface area contributed by atoms with Crippen LogP contribution in [0.2, 0.25) is 0 Å². The van der Waals surface area contributed by atoms with E-state index in [1.165, 1.54) is 10.5 Å². The van der Waals surface area contributed by atoms with Gasteiger partial charge in [-0.3, -0.25) is 9.20 Å². The van der Waals surface area contributed by atoms with Crippen LogP contribution in [-0.2, 0) is 16.1 Å². The fraction of sp³-hybridized carbons (Fsp3) is 0.211. The summed E-state index contributed by atoms with van der Waals surface area (Å²) in [6.07, 6.45) is 0.256. The van der Waals surface area contributed by atoms with Gasteiger partial charge in [0.05, 0.1) is 5.69 Å². The van der Waals surface area contributed by atoms with Gasteiger partial charge in [-0.15, -0.1) is 0 Å². The molecule has 132 valence electrons. The number of carbonyl (C=O) groups is 1. The number of fused-ring (bicyclic) bond motifs is 2. The minimum absolute atomic E-state index is 0.117. The van der Waals surface area contributed by atoms with E-state index in [9.17, 15) is 9.59 Å². The van der Waals surface area contributed by atoms with Crippen LogP contribution in [0.4, 0.5) is 0 Å². The maximum Gasteiger partial charge on any atom is 0.351 e. The number of carbonyl (C=O) groups excluding carboxylic acids is 1. The second-order valence-electron chi connectivity index (χ2n) is 5.93. The Bertz CT molecular complexity index is 1030. The van der Waals surface area contributed by atoms with E-state index in [4.69, 9.17) is 14.2 Å². The Morgan fingerprint density at radius 3 is 2.69 bits per heavy atom. The first-order chi connectivity index (χ1) is 12.6. The number of benzene rings is 1. The summed E-state index contributed by atoms with van der Waals surface area (Å²) < 4.78 is 18.1. The van der Waals surface area contributed by atoms with Crippen molar-refractivity contribution in [2.75, 3.05) is 0 Å². The summed E-state index contributed by atoms with van der Waals surface area (Å²) in [4.78, 5) is 28.8. The van der Waals surface area contributed by atoms with Crippen molar-refractivity contribution in [3.8, 4) is 11.5 Å². The molecule has 3 aromatic rings. The molecule has 0 unspecified atom stereocenters. The van der Waals surface area contributed by atoms with E-state index in [1.807, 2.05) is 6.07 Å². The molecule has 7 heteroatoms. The number of esters is 1. The molecule has 0 aliphatic carbocycles.